The molecule has 0 saturated heterocycles. The minimum absolute atomic E-state index is 0.296. The van der Waals surface area contributed by atoms with Gasteiger partial charge in [-0.1, -0.05) is 67.3 Å². The first-order valence-electron chi connectivity index (χ1n) is 10.1. The van der Waals surface area contributed by atoms with Gasteiger partial charge in [-0.2, -0.15) is 0 Å². The Kier molecular flexibility index (Phi) is 6.96. The second kappa shape index (κ2) is 10.1. The van der Waals surface area contributed by atoms with E-state index in [-0.39, 0.29) is 11.7 Å². The van der Waals surface area contributed by atoms with Gasteiger partial charge >= 0.3 is 0 Å². The average molecular weight is 468 g/mol. The Balaban J connectivity index is 1.39. The SMILES string of the molecule is CC(C)c1ccccc1-n1ccnc1SCc1nnc(C(=O)NCc2ccc(F)cc2)s1. The van der Waals surface area contributed by atoms with Crippen molar-refractivity contribution in [3.8, 4) is 5.69 Å². The number of aromatic nitrogens is 4. The topological polar surface area (TPSA) is 72.7 Å². The molecule has 4 rings (SSSR count). The van der Waals surface area contributed by atoms with E-state index < -0.39 is 0 Å². The fourth-order valence-electron chi connectivity index (χ4n) is 3.17. The number of rotatable bonds is 8. The summed E-state index contributed by atoms with van der Waals surface area (Å²) in [5, 5.41) is 12.9. The van der Waals surface area contributed by atoms with Crippen molar-refractivity contribution in [2.24, 2.45) is 0 Å². The number of para-hydroxylation sites is 1. The van der Waals surface area contributed by atoms with Gasteiger partial charge in [0.1, 0.15) is 10.8 Å². The third-order valence-electron chi connectivity index (χ3n) is 4.78. The van der Waals surface area contributed by atoms with Crippen molar-refractivity contribution in [1.82, 2.24) is 25.1 Å². The van der Waals surface area contributed by atoms with E-state index in [1.807, 2.05) is 18.3 Å². The summed E-state index contributed by atoms with van der Waals surface area (Å²) >= 11 is 2.81. The van der Waals surface area contributed by atoms with Crippen LogP contribution in [0.2, 0.25) is 0 Å². The van der Waals surface area contributed by atoms with Gasteiger partial charge in [0.05, 0.1) is 11.4 Å². The Bertz CT molecular complexity index is 1200. The van der Waals surface area contributed by atoms with Crippen molar-refractivity contribution in [2.75, 3.05) is 0 Å². The normalized spacial score (nSPS) is 11.1. The highest BCUT2D eigenvalue weighted by Gasteiger charge is 2.15. The molecule has 0 saturated carbocycles. The van der Waals surface area contributed by atoms with Gasteiger partial charge in [-0.05, 0) is 35.2 Å². The van der Waals surface area contributed by atoms with Gasteiger partial charge in [0.15, 0.2) is 5.16 Å². The van der Waals surface area contributed by atoms with Crippen LogP contribution < -0.4 is 5.32 Å². The Morgan fingerprint density at radius 1 is 1.16 bits per heavy atom. The van der Waals surface area contributed by atoms with Crippen LogP contribution in [0.25, 0.3) is 5.69 Å². The van der Waals surface area contributed by atoms with Crippen LogP contribution in [0, 0.1) is 5.82 Å². The van der Waals surface area contributed by atoms with Gasteiger partial charge in [0.2, 0.25) is 5.01 Å². The lowest BCUT2D eigenvalue weighted by molar-refractivity contribution is 0.0950. The Hall–Kier alpha value is -3.04. The lowest BCUT2D eigenvalue weighted by atomic mass is 10.0. The molecule has 1 amide bonds. The number of amides is 1. The van der Waals surface area contributed by atoms with Gasteiger partial charge in [0.25, 0.3) is 5.91 Å². The summed E-state index contributed by atoms with van der Waals surface area (Å²) in [6.45, 7) is 4.65. The van der Waals surface area contributed by atoms with E-state index in [1.165, 1.54) is 29.0 Å². The van der Waals surface area contributed by atoms with Gasteiger partial charge < -0.3 is 5.32 Å². The number of carbonyl (C=O) groups excluding carboxylic acids is 1. The summed E-state index contributed by atoms with van der Waals surface area (Å²) in [6, 6.07) is 14.3. The number of nitrogens with one attached hydrogen (secondary N) is 1. The molecule has 0 bridgehead atoms. The lowest BCUT2D eigenvalue weighted by Gasteiger charge is -2.15. The van der Waals surface area contributed by atoms with E-state index in [4.69, 9.17) is 0 Å². The monoisotopic (exact) mass is 467 g/mol. The highest BCUT2D eigenvalue weighted by molar-refractivity contribution is 7.98. The molecule has 2 aromatic carbocycles. The highest BCUT2D eigenvalue weighted by Crippen LogP contribution is 2.29. The number of nitrogens with zero attached hydrogens (tertiary/aromatic N) is 4. The zero-order valence-corrected chi connectivity index (χ0v) is 19.3. The summed E-state index contributed by atoms with van der Waals surface area (Å²) in [7, 11) is 0. The number of benzene rings is 2. The van der Waals surface area contributed by atoms with Crippen molar-refractivity contribution in [2.45, 2.75) is 37.2 Å². The predicted octanol–water partition coefficient (Wildman–Crippen LogP) is 5.21. The van der Waals surface area contributed by atoms with Crippen LogP contribution in [0.1, 0.15) is 45.7 Å². The van der Waals surface area contributed by atoms with Crippen molar-refractivity contribution < 1.29 is 9.18 Å². The Labute approximate surface area is 193 Å². The van der Waals surface area contributed by atoms with Crippen molar-refractivity contribution in [3.05, 3.63) is 87.9 Å². The molecule has 2 aromatic heterocycles. The maximum Gasteiger partial charge on any atom is 0.282 e. The van der Waals surface area contributed by atoms with Crippen molar-refractivity contribution in [1.29, 1.82) is 0 Å². The molecule has 4 aromatic rings. The third kappa shape index (κ3) is 5.23. The molecule has 164 valence electrons. The molecule has 0 aliphatic heterocycles. The average Bonchev–Trinajstić information content (AvgIpc) is 3.46. The minimum atomic E-state index is -0.306. The largest absolute Gasteiger partial charge is 0.346 e. The molecule has 0 aliphatic rings. The molecule has 9 heteroatoms. The van der Waals surface area contributed by atoms with E-state index in [0.717, 1.165) is 21.4 Å². The number of halogens is 1. The van der Waals surface area contributed by atoms with Crippen molar-refractivity contribution >= 4 is 29.0 Å². The molecule has 0 unspecified atom stereocenters. The van der Waals surface area contributed by atoms with Crippen molar-refractivity contribution in [3.63, 3.8) is 0 Å². The first-order valence-corrected chi connectivity index (χ1v) is 11.9. The second-order valence-electron chi connectivity index (χ2n) is 7.39. The fourth-order valence-corrected chi connectivity index (χ4v) is 4.87. The summed E-state index contributed by atoms with van der Waals surface area (Å²) in [6.07, 6.45) is 3.74. The number of hydrogen-bond acceptors (Lipinski definition) is 6. The zero-order valence-electron chi connectivity index (χ0n) is 17.7. The molecule has 1 N–H and O–H groups in total. The molecule has 0 radical (unpaired) electrons. The van der Waals surface area contributed by atoms with E-state index in [0.29, 0.717) is 23.2 Å². The molecule has 6 nitrogen and oxygen atoms in total. The number of imidazole rings is 1. The standard InChI is InChI=1S/C23H22FN5OS2/c1-15(2)18-5-3-4-6-19(18)29-12-11-25-23(29)31-14-20-27-28-22(32-20)21(30)26-13-16-7-9-17(24)10-8-16/h3-12,15H,13-14H2,1-2H3,(H,26,30). The number of hydrogen-bond donors (Lipinski definition) is 1. The molecule has 0 spiro atoms. The van der Waals surface area contributed by atoms with Crippen LogP contribution >= 0.6 is 23.1 Å². The first-order chi connectivity index (χ1) is 15.5. The van der Waals surface area contributed by atoms with Gasteiger partial charge in [0, 0.05) is 18.9 Å². The molecule has 0 fully saturated rings. The zero-order chi connectivity index (χ0) is 22.5. The van der Waals surface area contributed by atoms with E-state index in [9.17, 15) is 9.18 Å². The summed E-state index contributed by atoms with van der Waals surface area (Å²) < 4.78 is 15.1. The van der Waals surface area contributed by atoms with Crippen LogP contribution in [0.3, 0.4) is 0 Å². The lowest BCUT2D eigenvalue weighted by Crippen LogP contribution is -2.22. The van der Waals surface area contributed by atoms with E-state index in [2.05, 4.69) is 51.0 Å². The van der Waals surface area contributed by atoms with Crippen LogP contribution in [-0.2, 0) is 12.3 Å². The molecule has 0 atom stereocenters. The highest BCUT2D eigenvalue weighted by atomic mass is 32.2. The quantitative estimate of drug-likeness (QED) is 0.360. The Morgan fingerprint density at radius 2 is 1.94 bits per heavy atom. The first kappa shape index (κ1) is 22.2. The maximum absolute atomic E-state index is 13.0. The van der Waals surface area contributed by atoms with Crippen LogP contribution in [-0.4, -0.2) is 25.7 Å². The second-order valence-corrected chi connectivity index (χ2v) is 9.40. The summed E-state index contributed by atoms with van der Waals surface area (Å²) in [4.78, 5) is 16.9. The minimum Gasteiger partial charge on any atom is -0.346 e. The summed E-state index contributed by atoms with van der Waals surface area (Å²) in [5.74, 6) is 0.352. The molecule has 32 heavy (non-hydrogen) atoms. The van der Waals surface area contributed by atoms with Gasteiger partial charge in [-0.15, -0.1) is 10.2 Å². The summed E-state index contributed by atoms with van der Waals surface area (Å²) in [5.41, 5.74) is 3.18. The van der Waals surface area contributed by atoms with Crippen LogP contribution in [0.5, 0.6) is 0 Å². The Morgan fingerprint density at radius 3 is 2.72 bits per heavy atom. The maximum atomic E-state index is 13.0. The van der Waals surface area contributed by atoms with Gasteiger partial charge in [-0.3, -0.25) is 9.36 Å². The van der Waals surface area contributed by atoms with Crippen LogP contribution in [0.4, 0.5) is 4.39 Å². The number of carbonyl (C=O) groups is 1. The van der Waals surface area contributed by atoms with Crippen LogP contribution in [0.15, 0.2) is 66.1 Å². The predicted molar refractivity (Wildman–Crippen MR) is 125 cm³/mol. The fraction of sp³-hybridized carbons (Fsp3) is 0.217. The third-order valence-corrected chi connectivity index (χ3v) is 6.86. The van der Waals surface area contributed by atoms with Gasteiger partial charge in [-0.25, -0.2) is 9.37 Å². The smallest absolute Gasteiger partial charge is 0.282 e. The molecular formula is C23H22FN5OS2. The number of thioether (sulfide) groups is 1. The molecular weight excluding hydrogens is 445 g/mol. The molecule has 0 aliphatic carbocycles. The van der Waals surface area contributed by atoms with E-state index in [1.54, 1.807) is 30.1 Å². The molecule has 2 heterocycles. The van der Waals surface area contributed by atoms with E-state index >= 15 is 0 Å².